The Bertz CT molecular complexity index is 1730. The molecule has 0 aliphatic rings. The van der Waals surface area contributed by atoms with Crippen LogP contribution < -0.4 is 10.1 Å². The number of phenols is 1. The van der Waals surface area contributed by atoms with Gasteiger partial charge in [-0.05, 0) is 108 Å². The Morgan fingerprint density at radius 2 is 1.60 bits per heavy atom. The van der Waals surface area contributed by atoms with E-state index in [-0.39, 0.29) is 24.1 Å². The van der Waals surface area contributed by atoms with Crippen molar-refractivity contribution < 1.29 is 28.9 Å². The van der Waals surface area contributed by atoms with Gasteiger partial charge in [0.2, 0.25) is 0 Å². The van der Waals surface area contributed by atoms with E-state index in [0.717, 1.165) is 32.5 Å². The fourth-order valence-electron chi connectivity index (χ4n) is 4.78. The average Bonchev–Trinajstić information content (AvgIpc) is 3.39. The largest absolute Gasteiger partial charge is 0.508 e. The first-order valence-corrected chi connectivity index (χ1v) is 14.4. The number of phenolic OH excluding ortho intramolecular Hbond substituents is 1. The van der Waals surface area contributed by atoms with E-state index in [2.05, 4.69) is 5.32 Å². The molecule has 1 atom stereocenters. The molecule has 214 valence electrons. The van der Waals surface area contributed by atoms with Gasteiger partial charge in [0, 0.05) is 11.1 Å². The molecule has 0 spiro atoms. The molecular weight excluding hydrogens is 553 g/mol. The first-order valence-electron chi connectivity index (χ1n) is 13.5. The van der Waals surface area contributed by atoms with Crippen LogP contribution in [-0.2, 0) is 17.6 Å². The molecule has 5 aromatic rings. The Kier molecular flexibility index (Phi) is 8.54. The van der Waals surface area contributed by atoms with Crippen LogP contribution in [0.4, 0.5) is 4.39 Å². The van der Waals surface area contributed by atoms with Crippen molar-refractivity contribution in [2.45, 2.75) is 38.8 Å². The van der Waals surface area contributed by atoms with Crippen LogP contribution in [0, 0.1) is 5.82 Å². The van der Waals surface area contributed by atoms with Gasteiger partial charge in [-0.15, -0.1) is 11.3 Å². The molecule has 0 aliphatic carbocycles. The molecule has 42 heavy (non-hydrogen) atoms. The number of rotatable bonds is 10. The van der Waals surface area contributed by atoms with Gasteiger partial charge in [-0.1, -0.05) is 36.4 Å². The van der Waals surface area contributed by atoms with Gasteiger partial charge in [0.05, 0.1) is 11.0 Å². The summed E-state index contributed by atoms with van der Waals surface area (Å²) in [7, 11) is 0. The molecule has 1 aromatic heterocycles. The van der Waals surface area contributed by atoms with Crippen LogP contribution in [-0.4, -0.2) is 34.2 Å². The summed E-state index contributed by atoms with van der Waals surface area (Å²) in [6.07, 6.45) is 0.479. The molecule has 5 rings (SSSR count). The smallest absolute Gasteiger partial charge is 0.326 e. The lowest BCUT2D eigenvalue weighted by atomic mass is 9.95. The minimum Gasteiger partial charge on any atom is -0.508 e. The zero-order valence-corrected chi connectivity index (χ0v) is 24.0. The van der Waals surface area contributed by atoms with Crippen LogP contribution in [0.15, 0.2) is 91.0 Å². The number of thiophene rings is 1. The topological polar surface area (TPSA) is 95.9 Å². The Balaban J connectivity index is 1.33. The van der Waals surface area contributed by atoms with Gasteiger partial charge in [-0.2, -0.15) is 0 Å². The van der Waals surface area contributed by atoms with Crippen molar-refractivity contribution in [2.75, 3.05) is 0 Å². The Hall–Kier alpha value is -4.69. The lowest BCUT2D eigenvalue weighted by Crippen LogP contribution is -2.42. The lowest BCUT2D eigenvalue weighted by molar-refractivity contribution is -0.139. The predicted octanol–water partition coefficient (Wildman–Crippen LogP) is 7.22. The van der Waals surface area contributed by atoms with Crippen molar-refractivity contribution in [2.24, 2.45) is 0 Å². The molecule has 0 aliphatic heterocycles. The van der Waals surface area contributed by atoms with E-state index < -0.39 is 17.9 Å². The quantitative estimate of drug-likeness (QED) is 0.161. The van der Waals surface area contributed by atoms with Crippen LogP contribution in [0.1, 0.15) is 40.2 Å². The highest BCUT2D eigenvalue weighted by atomic mass is 32.1. The first kappa shape index (κ1) is 28.8. The van der Waals surface area contributed by atoms with Crippen LogP contribution >= 0.6 is 11.3 Å². The number of fused-ring (bicyclic) bond motifs is 1. The molecule has 6 nitrogen and oxygen atoms in total. The first-order chi connectivity index (χ1) is 20.1. The van der Waals surface area contributed by atoms with E-state index in [1.807, 2.05) is 56.3 Å². The number of carbonyl (C=O) groups is 2. The third kappa shape index (κ3) is 6.95. The van der Waals surface area contributed by atoms with Gasteiger partial charge in [0.15, 0.2) is 0 Å². The number of aliphatic carboxylic acids is 1. The van der Waals surface area contributed by atoms with Crippen molar-refractivity contribution in [3.63, 3.8) is 0 Å². The van der Waals surface area contributed by atoms with Crippen LogP contribution in [0.5, 0.6) is 11.5 Å². The molecule has 0 saturated carbocycles. The molecule has 0 bridgehead atoms. The van der Waals surface area contributed by atoms with Gasteiger partial charge in [0.25, 0.3) is 5.91 Å². The minimum absolute atomic E-state index is 0.0173. The molecule has 0 unspecified atom stereocenters. The number of amides is 1. The fourth-order valence-corrected chi connectivity index (χ4v) is 5.73. The maximum absolute atomic E-state index is 13.4. The number of aromatic hydroxyl groups is 1. The molecule has 0 fully saturated rings. The highest BCUT2D eigenvalue weighted by Crippen LogP contribution is 2.31. The van der Waals surface area contributed by atoms with E-state index >= 15 is 0 Å². The number of carboxylic acid groups (broad SMARTS) is 1. The number of hydrogen-bond acceptors (Lipinski definition) is 5. The van der Waals surface area contributed by atoms with Crippen molar-refractivity contribution in [3.05, 3.63) is 118 Å². The number of carbonyl (C=O) groups excluding carboxylic acids is 1. The number of halogens is 1. The minimum atomic E-state index is -1.19. The highest BCUT2D eigenvalue weighted by molar-refractivity contribution is 7.20. The summed E-state index contributed by atoms with van der Waals surface area (Å²) in [6, 6.07) is 25.1. The average molecular weight is 584 g/mol. The van der Waals surface area contributed by atoms with Crippen LogP contribution in [0.25, 0.3) is 21.2 Å². The van der Waals surface area contributed by atoms with Crippen LogP contribution in [0.2, 0.25) is 0 Å². The number of carboxylic acids is 1. The van der Waals surface area contributed by atoms with Crippen molar-refractivity contribution >= 4 is 33.3 Å². The Morgan fingerprint density at radius 3 is 2.29 bits per heavy atom. The van der Waals surface area contributed by atoms with Crippen molar-refractivity contribution in [1.29, 1.82) is 0 Å². The maximum Gasteiger partial charge on any atom is 0.326 e. The molecule has 3 N–H and O–H groups in total. The molecule has 4 aromatic carbocycles. The third-order valence-corrected chi connectivity index (χ3v) is 7.94. The predicted molar refractivity (Wildman–Crippen MR) is 163 cm³/mol. The number of hydrogen-bond donors (Lipinski definition) is 3. The molecule has 0 saturated heterocycles. The summed E-state index contributed by atoms with van der Waals surface area (Å²) in [6.45, 7) is 3.96. The third-order valence-electron chi connectivity index (χ3n) is 6.82. The summed E-state index contributed by atoms with van der Waals surface area (Å²) in [4.78, 5) is 25.8. The molecule has 1 amide bonds. The maximum atomic E-state index is 13.4. The number of ether oxygens (including phenoxy) is 1. The lowest BCUT2D eigenvalue weighted by Gasteiger charge is -2.17. The fraction of sp³-hybridized carbons (Fsp3) is 0.176. The zero-order valence-electron chi connectivity index (χ0n) is 23.1. The van der Waals surface area contributed by atoms with E-state index in [9.17, 15) is 24.2 Å². The summed E-state index contributed by atoms with van der Waals surface area (Å²) >= 11 is 1.30. The normalized spacial score (nSPS) is 11.9. The standard InChI is InChI=1S/C34H30FNO5S/c1-20(2)41-29-12-6-22(7-13-29)23-8-14-31-26(16-23)19-32(42-31)33(38)36-30(34(39)40)18-24-5-11-28(37)17-25(24)15-21-3-9-27(35)10-4-21/h3-14,16-17,19-20,30,37H,15,18H2,1-2H3,(H,36,38)(H,39,40)/t30-/m0/s1. The second-order valence-electron chi connectivity index (χ2n) is 10.4. The molecule has 1 heterocycles. The van der Waals surface area contributed by atoms with Gasteiger partial charge in [-0.25, -0.2) is 9.18 Å². The number of nitrogens with one attached hydrogen (secondary N) is 1. The highest BCUT2D eigenvalue weighted by Gasteiger charge is 2.24. The summed E-state index contributed by atoms with van der Waals surface area (Å²) < 4.78 is 20.0. The Morgan fingerprint density at radius 1 is 0.881 bits per heavy atom. The van der Waals surface area contributed by atoms with Gasteiger partial charge >= 0.3 is 5.97 Å². The Labute approximate surface area is 247 Å². The second-order valence-corrected chi connectivity index (χ2v) is 11.5. The number of benzene rings is 4. The molecule has 8 heteroatoms. The summed E-state index contributed by atoms with van der Waals surface area (Å²) in [5.41, 5.74) is 4.17. The summed E-state index contributed by atoms with van der Waals surface area (Å²) in [5.74, 6) is -1.16. The van der Waals surface area contributed by atoms with E-state index in [1.54, 1.807) is 30.3 Å². The zero-order chi connectivity index (χ0) is 29.8. The van der Waals surface area contributed by atoms with Gasteiger partial charge < -0.3 is 20.3 Å². The van der Waals surface area contributed by atoms with E-state index in [4.69, 9.17) is 4.74 Å². The molecule has 0 radical (unpaired) electrons. The van der Waals surface area contributed by atoms with Gasteiger partial charge in [-0.3, -0.25) is 4.79 Å². The second kappa shape index (κ2) is 12.4. The SMILES string of the molecule is CC(C)Oc1ccc(-c2ccc3sc(C(=O)N[C@@H](Cc4ccc(O)cc4Cc4ccc(F)cc4)C(=O)O)cc3c2)cc1. The van der Waals surface area contributed by atoms with E-state index in [1.165, 1.54) is 29.5 Å². The van der Waals surface area contributed by atoms with Crippen molar-refractivity contribution in [1.82, 2.24) is 5.32 Å². The van der Waals surface area contributed by atoms with E-state index in [0.29, 0.717) is 22.4 Å². The van der Waals surface area contributed by atoms with Crippen molar-refractivity contribution in [3.8, 4) is 22.6 Å². The molecular formula is C34H30FNO5S. The van der Waals surface area contributed by atoms with Gasteiger partial charge in [0.1, 0.15) is 23.4 Å². The summed E-state index contributed by atoms with van der Waals surface area (Å²) in [5, 5.41) is 23.6. The van der Waals surface area contributed by atoms with Crippen LogP contribution in [0.3, 0.4) is 0 Å². The monoisotopic (exact) mass is 583 g/mol.